The van der Waals surface area contributed by atoms with Crippen LogP contribution in [0.1, 0.15) is 20.8 Å². The number of hydrogen-bond donors (Lipinski definition) is 0. The fraction of sp³-hybridized carbons (Fsp3) is 0.471. The molecule has 4 atom stereocenters. The summed E-state index contributed by atoms with van der Waals surface area (Å²) in [5, 5.41) is 0. The van der Waals surface area contributed by atoms with Gasteiger partial charge in [0.2, 0.25) is 12.4 Å². The van der Waals surface area contributed by atoms with Gasteiger partial charge >= 0.3 is 17.9 Å². The van der Waals surface area contributed by atoms with E-state index in [4.69, 9.17) is 23.7 Å². The number of ether oxygens (including phenoxy) is 5. The van der Waals surface area contributed by atoms with Gasteiger partial charge in [-0.1, -0.05) is 18.2 Å². The minimum absolute atomic E-state index is 0.0766. The molecule has 1 saturated heterocycles. The third-order valence-corrected chi connectivity index (χ3v) is 3.30. The van der Waals surface area contributed by atoms with Crippen LogP contribution in [0.25, 0.3) is 0 Å². The predicted molar refractivity (Wildman–Crippen MR) is 83.5 cm³/mol. The highest BCUT2D eigenvalue weighted by Crippen LogP contribution is 2.26. The molecule has 0 saturated carbocycles. The molecule has 1 heterocycles. The van der Waals surface area contributed by atoms with E-state index in [-0.39, 0.29) is 6.61 Å². The number of carbonyl (C=O) groups excluding carboxylic acids is 3. The van der Waals surface area contributed by atoms with Crippen molar-refractivity contribution in [2.45, 2.75) is 45.4 Å². The van der Waals surface area contributed by atoms with Crippen molar-refractivity contribution in [3.63, 3.8) is 0 Å². The monoisotopic (exact) mass is 352 g/mol. The molecule has 8 heteroatoms. The third-order valence-electron chi connectivity index (χ3n) is 3.30. The van der Waals surface area contributed by atoms with Crippen molar-refractivity contribution in [2.75, 3.05) is 6.61 Å². The first-order valence-corrected chi connectivity index (χ1v) is 7.71. The highest BCUT2D eigenvalue weighted by molar-refractivity contribution is 5.68. The quantitative estimate of drug-likeness (QED) is 0.576. The van der Waals surface area contributed by atoms with Crippen LogP contribution in [0.5, 0.6) is 5.75 Å². The Labute approximate surface area is 144 Å². The summed E-state index contributed by atoms with van der Waals surface area (Å²) in [4.78, 5) is 34.2. The van der Waals surface area contributed by atoms with E-state index in [1.807, 2.05) is 6.07 Å². The topological polar surface area (TPSA) is 97.4 Å². The van der Waals surface area contributed by atoms with Crippen LogP contribution in [0.4, 0.5) is 0 Å². The fourth-order valence-corrected chi connectivity index (χ4v) is 2.44. The van der Waals surface area contributed by atoms with Gasteiger partial charge in [0.25, 0.3) is 0 Å². The van der Waals surface area contributed by atoms with E-state index in [0.717, 1.165) is 0 Å². The molecule has 0 amide bonds. The van der Waals surface area contributed by atoms with Gasteiger partial charge in [-0.2, -0.15) is 0 Å². The van der Waals surface area contributed by atoms with Crippen LogP contribution >= 0.6 is 0 Å². The average molecular weight is 352 g/mol. The molecule has 0 spiro atoms. The number of rotatable bonds is 5. The normalized spacial score (nSPS) is 25.6. The van der Waals surface area contributed by atoms with Crippen LogP contribution < -0.4 is 4.74 Å². The smallest absolute Gasteiger partial charge is 0.303 e. The second-order valence-corrected chi connectivity index (χ2v) is 5.43. The standard InChI is InChI=1S/C17H20O8/c1-10(18)22-14-9-21-17(25-13-7-5-4-6-8-13)16(24-12(3)20)15(14)23-11(2)19/h4-8,14-17H,9H2,1-3H3/t14-,15+,16+,17-/m0/s1. The first-order valence-electron chi connectivity index (χ1n) is 7.71. The predicted octanol–water partition coefficient (Wildman–Crippen LogP) is 1.22. The van der Waals surface area contributed by atoms with E-state index < -0.39 is 42.5 Å². The van der Waals surface area contributed by atoms with Crippen molar-refractivity contribution in [1.82, 2.24) is 0 Å². The number of para-hydroxylation sites is 1. The average Bonchev–Trinajstić information content (AvgIpc) is 2.52. The van der Waals surface area contributed by atoms with Crippen LogP contribution in [0.15, 0.2) is 30.3 Å². The lowest BCUT2D eigenvalue weighted by molar-refractivity contribution is -0.259. The molecule has 8 nitrogen and oxygen atoms in total. The lowest BCUT2D eigenvalue weighted by atomic mass is 10.0. The van der Waals surface area contributed by atoms with Crippen LogP contribution in [0.3, 0.4) is 0 Å². The molecule has 1 aromatic carbocycles. The van der Waals surface area contributed by atoms with Gasteiger partial charge in [-0.3, -0.25) is 14.4 Å². The summed E-state index contributed by atoms with van der Waals surface area (Å²) in [5.74, 6) is -1.32. The van der Waals surface area contributed by atoms with Crippen LogP contribution in [0, 0.1) is 0 Å². The summed E-state index contributed by atoms with van der Waals surface area (Å²) in [6.45, 7) is 3.56. The Balaban J connectivity index is 2.25. The third kappa shape index (κ3) is 5.46. The Kier molecular flexibility index (Phi) is 6.35. The molecule has 136 valence electrons. The zero-order valence-corrected chi connectivity index (χ0v) is 14.2. The molecular formula is C17H20O8. The Morgan fingerprint density at radius 2 is 1.44 bits per heavy atom. The summed E-state index contributed by atoms with van der Waals surface area (Å²) in [6.07, 6.45) is -4.09. The largest absolute Gasteiger partial charge is 0.461 e. The SMILES string of the molecule is CC(=O)O[C@H]1[C@H](Oc2ccccc2)OC[C@H](OC(C)=O)[C@H]1OC(C)=O. The molecule has 0 N–H and O–H groups in total. The summed E-state index contributed by atoms with van der Waals surface area (Å²) >= 11 is 0. The molecular weight excluding hydrogens is 332 g/mol. The fourth-order valence-electron chi connectivity index (χ4n) is 2.44. The maximum absolute atomic E-state index is 11.5. The van der Waals surface area contributed by atoms with Crippen molar-refractivity contribution in [3.05, 3.63) is 30.3 Å². The second-order valence-electron chi connectivity index (χ2n) is 5.43. The second kappa shape index (κ2) is 8.48. The van der Waals surface area contributed by atoms with Crippen molar-refractivity contribution >= 4 is 17.9 Å². The van der Waals surface area contributed by atoms with Gasteiger partial charge in [0, 0.05) is 20.8 Å². The first kappa shape index (κ1) is 18.7. The molecule has 0 radical (unpaired) electrons. The Bertz CT molecular complexity index is 614. The molecule has 0 unspecified atom stereocenters. The van der Waals surface area contributed by atoms with Crippen molar-refractivity contribution in [3.8, 4) is 5.75 Å². The van der Waals surface area contributed by atoms with Crippen molar-refractivity contribution in [2.24, 2.45) is 0 Å². The van der Waals surface area contributed by atoms with E-state index in [0.29, 0.717) is 5.75 Å². The highest BCUT2D eigenvalue weighted by atomic mass is 16.7. The summed E-state index contributed by atoms with van der Waals surface area (Å²) in [6, 6.07) is 8.76. The highest BCUT2D eigenvalue weighted by Gasteiger charge is 2.48. The summed E-state index contributed by atoms with van der Waals surface area (Å²) in [7, 11) is 0. The minimum atomic E-state index is -1.10. The Hall–Kier alpha value is -2.61. The van der Waals surface area contributed by atoms with E-state index in [2.05, 4.69) is 0 Å². The zero-order valence-electron chi connectivity index (χ0n) is 14.2. The molecule has 1 aliphatic rings. The maximum Gasteiger partial charge on any atom is 0.303 e. The van der Waals surface area contributed by atoms with Gasteiger partial charge in [-0.25, -0.2) is 0 Å². The van der Waals surface area contributed by atoms with Gasteiger partial charge in [0.15, 0.2) is 12.2 Å². The molecule has 25 heavy (non-hydrogen) atoms. The molecule has 0 aliphatic carbocycles. The molecule has 1 aliphatic heterocycles. The lowest BCUT2D eigenvalue weighted by Gasteiger charge is -2.40. The summed E-state index contributed by atoms with van der Waals surface area (Å²) in [5.41, 5.74) is 0. The van der Waals surface area contributed by atoms with Gasteiger partial charge in [0.1, 0.15) is 5.75 Å². The van der Waals surface area contributed by atoms with Crippen molar-refractivity contribution in [1.29, 1.82) is 0 Å². The minimum Gasteiger partial charge on any atom is -0.461 e. The van der Waals surface area contributed by atoms with Crippen LogP contribution in [-0.2, 0) is 33.3 Å². The number of benzene rings is 1. The summed E-state index contributed by atoms with van der Waals surface area (Å²) < 4.78 is 26.9. The molecule has 2 rings (SSSR count). The number of esters is 3. The first-order chi connectivity index (χ1) is 11.9. The molecule has 1 fully saturated rings. The van der Waals surface area contributed by atoms with Gasteiger partial charge in [-0.15, -0.1) is 0 Å². The van der Waals surface area contributed by atoms with E-state index in [1.54, 1.807) is 24.3 Å². The lowest BCUT2D eigenvalue weighted by Crippen LogP contribution is -2.59. The van der Waals surface area contributed by atoms with Crippen LogP contribution in [0.2, 0.25) is 0 Å². The molecule has 0 bridgehead atoms. The maximum atomic E-state index is 11.5. The number of carbonyl (C=O) groups is 3. The number of hydrogen-bond acceptors (Lipinski definition) is 8. The van der Waals surface area contributed by atoms with Gasteiger partial charge < -0.3 is 23.7 Å². The van der Waals surface area contributed by atoms with Crippen LogP contribution in [-0.4, -0.2) is 49.1 Å². The Morgan fingerprint density at radius 3 is 2.00 bits per heavy atom. The van der Waals surface area contributed by atoms with E-state index in [1.165, 1.54) is 20.8 Å². The molecule has 0 aromatic heterocycles. The zero-order chi connectivity index (χ0) is 18.4. The molecule has 1 aromatic rings. The van der Waals surface area contributed by atoms with Crippen molar-refractivity contribution < 1.29 is 38.1 Å². The van der Waals surface area contributed by atoms with Gasteiger partial charge in [-0.05, 0) is 12.1 Å². The van der Waals surface area contributed by atoms with Gasteiger partial charge in [0.05, 0.1) is 6.61 Å². The van der Waals surface area contributed by atoms with E-state index in [9.17, 15) is 14.4 Å². The van der Waals surface area contributed by atoms with E-state index >= 15 is 0 Å². The Morgan fingerprint density at radius 1 is 0.880 bits per heavy atom.